The highest BCUT2D eigenvalue weighted by Crippen LogP contribution is 2.16. The molecule has 0 aliphatic heterocycles. The van der Waals surface area contributed by atoms with Crippen LogP contribution in [0.5, 0.6) is 0 Å². The first kappa shape index (κ1) is 14.9. The number of rotatable bonds is 5. The van der Waals surface area contributed by atoms with Gasteiger partial charge in [0.2, 0.25) is 10.0 Å². The zero-order chi connectivity index (χ0) is 13.8. The van der Waals surface area contributed by atoms with Gasteiger partial charge in [-0.3, -0.25) is 4.79 Å². The first-order valence-electron chi connectivity index (χ1n) is 5.34. The first-order chi connectivity index (χ1) is 8.29. The van der Waals surface area contributed by atoms with E-state index in [0.717, 1.165) is 5.56 Å². The number of nitrogens with one attached hydrogen (secondary N) is 1. The van der Waals surface area contributed by atoms with E-state index in [1.54, 1.807) is 18.2 Å². The number of carbonyl (C=O) groups excluding carboxylic acids is 1. The van der Waals surface area contributed by atoms with Gasteiger partial charge in [-0.25, -0.2) is 13.6 Å². The lowest BCUT2D eigenvalue weighted by Gasteiger charge is -2.06. The number of sulfonamides is 1. The van der Waals surface area contributed by atoms with E-state index in [9.17, 15) is 13.2 Å². The maximum Gasteiger partial charge on any atom is 0.251 e. The second kappa shape index (κ2) is 6.17. The summed E-state index contributed by atoms with van der Waals surface area (Å²) in [5, 5.41) is 7.96. The summed E-state index contributed by atoms with van der Waals surface area (Å²) < 4.78 is 21.4. The molecule has 1 rings (SSSR count). The third-order valence-electron chi connectivity index (χ3n) is 2.33. The van der Waals surface area contributed by atoms with Crippen molar-refractivity contribution in [2.75, 3.05) is 12.3 Å². The number of aryl methyl sites for hydroxylation is 1. The summed E-state index contributed by atoms with van der Waals surface area (Å²) in [6.45, 7) is 2.09. The monoisotopic (exact) mass is 290 g/mol. The van der Waals surface area contributed by atoms with Crippen molar-refractivity contribution < 1.29 is 13.2 Å². The van der Waals surface area contributed by atoms with Gasteiger partial charge < -0.3 is 5.32 Å². The number of hydrogen-bond donors (Lipinski definition) is 2. The van der Waals surface area contributed by atoms with Crippen molar-refractivity contribution in [1.82, 2.24) is 5.32 Å². The second-order valence-corrected chi connectivity index (χ2v) is 6.08. The van der Waals surface area contributed by atoms with E-state index < -0.39 is 10.0 Å². The van der Waals surface area contributed by atoms with Crippen molar-refractivity contribution in [3.05, 3.63) is 34.3 Å². The zero-order valence-electron chi connectivity index (χ0n) is 9.94. The van der Waals surface area contributed by atoms with Gasteiger partial charge in [-0.15, -0.1) is 0 Å². The molecule has 0 unspecified atom stereocenters. The summed E-state index contributed by atoms with van der Waals surface area (Å²) in [7, 11) is -3.47. The predicted molar refractivity (Wildman–Crippen MR) is 71.1 cm³/mol. The number of benzene rings is 1. The molecule has 0 aliphatic rings. The second-order valence-electron chi connectivity index (χ2n) is 3.94. The van der Waals surface area contributed by atoms with Gasteiger partial charge >= 0.3 is 0 Å². The van der Waals surface area contributed by atoms with Crippen LogP contribution in [0.3, 0.4) is 0 Å². The normalized spacial score (nSPS) is 11.3. The molecule has 0 atom stereocenters. The Morgan fingerprint density at radius 2 is 2.11 bits per heavy atom. The quantitative estimate of drug-likeness (QED) is 0.795. The van der Waals surface area contributed by atoms with Gasteiger partial charge in [-0.2, -0.15) is 0 Å². The highest BCUT2D eigenvalue weighted by Gasteiger charge is 2.07. The fourth-order valence-electron chi connectivity index (χ4n) is 1.31. The molecule has 1 aromatic carbocycles. The molecule has 0 bridgehead atoms. The van der Waals surface area contributed by atoms with E-state index in [0.29, 0.717) is 10.6 Å². The Hall–Kier alpha value is -1.11. The van der Waals surface area contributed by atoms with Crippen molar-refractivity contribution in [1.29, 1.82) is 0 Å². The fourth-order valence-corrected chi connectivity index (χ4v) is 2.04. The SMILES string of the molecule is Cc1ccc(C(=O)NCCCS(N)(=O)=O)cc1Cl. The van der Waals surface area contributed by atoms with Crippen LogP contribution in [0.25, 0.3) is 0 Å². The maximum atomic E-state index is 11.7. The fraction of sp³-hybridized carbons (Fsp3) is 0.364. The van der Waals surface area contributed by atoms with Crippen LogP contribution in [-0.2, 0) is 10.0 Å². The van der Waals surface area contributed by atoms with Gasteiger partial charge in [-0.1, -0.05) is 17.7 Å². The van der Waals surface area contributed by atoms with E-state index in [-0.39, 0.29) is 24.6 Å². The lowest BCUT2D eigenvalue weighted by atomic mass is 10.1. The van der Waals surface area contributed by atoms with E-state index >= 15 is 0 Å². The van der Waals surface area contributed by atoms with E-state index in [1.807, 2.05) is 6.92 Å². The summed E-state index contributed by atoms with van der Waals surface area (Å²) in [6.07, 6.45) is 0.282. The third-order valence-corrected chi connectivity index (χ3v) is 3.59. The Kier molecular flexibility index (Phi) is 5.13. The van der Waals surface area contributed by atoms with E-state index in [1.165, 1.54) is 0 Å². The summed E-state index contributed by atoms with van der Waals surface area (Å²) in [5.41, 5.74) is 1.34. The molecule has 1 aromatic rings. The van der Waals surface area contributed by atoms with E-state index in [4.69, 9.17) is 16.7 Å². The summed E-state index contributed by atoms with van der Waals surface area (Å²) in [4.78, 5) is 11.7. The number of carbonyl (C=O) groups is 1. The Bertz CT molecular complexity index is 543. The molecule has 3 N–H and O–H groups in total. The van der Waals surface area contributed by atoms with Crippen LogP contribution in [0.1, 0.15) is 22.3 Å². The molecule has 0 saturated heterocycles. The summed E-state index contributed by atoms with van der Waals surface area (Å²) in [5.74, 6) is -0.437. The van der Waals surface area contributed by atoms with Crippen LogP contribution >= 0.6 is 11.6 Å². The molecule has 0 heterocycles. The summed E-state index contributed by atoms with van der Waals surface area (Å²) in [6, 6.07) is 4.99. The molecular formula is C11H15ClN2O3S. The Morgan fingerprint density at radius 3 is 2.67 bits per heavy atom. The minimum Gasteiger partial charge on any atom is -0.352 e. The highest BCUT2D eigenvalue weighted by atomic mass is 35.5. The van der Waals surface area contributed by atoms with Gasteiger partial charge in [0.15, 0.2) is 0 Å². The molecule has 0 radical (unpaired) electrons. The van der Waals surface area contributed by atoms with Gasteiger partial charge in [0.1, 0.15) is 0 Å². The molecule has 0 spiro atoms. The van der Waals surface area contributed by atoms with Crippen molar-refractivity contribution >= 4 is 27.5 Å². The summed E-state index contributed by atoms with van der Waals surface area (Å²) >= 11 is 5.90. The smallest absolute Gasteiger partial charge is 0.251 e. The molecule has 0 aromatic heterocycles. The maximum absolute atomic E-state index is 11.7. The minimum absolute atomic E-state index is 0.151. The molecule has 100 valence electrons. The van der Waals surface area contributed by atoms with Gasteiger partial charge in [-0.05, 0) is 31.0 Å². The Balaban J connectivity index is 2.48. The lowest BCUT2D eigenvalue weighted by molar-refractivity contribution is 0.0953. The first-order valence-corrected chi connectivity index (χ1v) is 7.44. The molecule has 0 fully saturated rings. The topological polar surface area (TPSA) is 89.3 Å². The highest BCUT2D eigenvalue weighted by molar-refractivity contribution is 7.89. The van der Waals surface area contributed by atoms with Gasteiger partial charge in [0, 0.05) is 17.1 Å². The average Bonchev–Trinajstić information content (AvgIpc) is 2.26. The molecule has 1 amide bonds. The minimum atomic E-state index is -3.47. The number of amides is 1. The van der Waals surface area contributed by atoms with Crippen LogP contribution in [0.15, 0.2) is 18.2 Å². The van der Waals surface area contributed by atoms with Crippen molar-refractivity contribution in [2.45, 2.75) is 13.3 Å². The van der Waals surface area contributed by atoms with Crippen LogP contribution in [-0.4, -0.2) is 26.6 Å². The number of halogens is 1. The van der Waals surface area contributed by atoms with E-state index in [2.05, 4.69) is 5.32 Å². The van der Waals surface area contributed by atoms with Crippen molar-refractivity contribution in [3.8, 4) is 0 Å². The largest absolute Gasteiger partial charge is 0.352 e. The molecule has 5 nitrogen and oxygen atoms in total. The lowest BCUT2D eigenvalue weighted by Crippen LogP contribution is -2.27. The average molecular weight is 291 g/mol. The van der Waals surface area contributed by atoms with Crippen molar-refractivity contribution in [2.24, 2.45) is 5.14 Å². The van der Waals surface area contributed by atoms with Gasteiger partial charge in [0.05, 0.1) is 5.75 Å². The number of nitrogens with two attached hydrogens (primary N) is 1. The standard InChI is InChI=1S/C11H15ClN2O3S/c1-8-3-4-9(7-10(8)12)11(15)14-5-2-6-18(13,16)17/h3-4,7H,2,5-6H2,1H3,(H,14,15)(H2,13,16,17). The van der Waals surface area contributed by atoms with Crippen molar-refractivity contribution in [3.63, 3.8) is 0 Å². The Labute approximate surface area is 111 Å². The molecule has 18 heavy (non-hydrogen) atoms. The molecular weight excluding hydrogens is 276 g/mol. The van der Waals surface area contributed by atoms with Crippen LogP contribution < -0.4 is 10.5 Å². The number of hydrogen-bond acceptors (Lipinski definition) is 3. The molecule has 7 heteroatoms. The molecule has 0 saturated carbocycles. The third kappa shape index (κ3) is 5.03. The van der Waals surface area contributed by atoms with Gasteiger partial charge in [0.25, 0.3) is 5.91 Å². The predicted octanol–water partition coefficient (Wildman–Crippen LogP) is 1.06. The number of primary sulfonamides is 1. The molecule has 0 aliphatic carbocycles. The zero-order valence-corrected chi connectivity index (χ0v) is 11.5. The Morgan fingerprint density at radius 1 is 1.44 bits per heavy atom. The van der Waals surface area contributed by atoms with Crippen LogP contribution in [0.2, 0.25) is 5.02 Å². The van der Waals surface area contributed by atoms with Crippen LogP contribution in [0.4, 0.5) is 0 Å². The van der Waals surface area contributed by atoms with Crippen LogP contribution in [0, 0.1) is 6.92 Å².